The van der Waals surface area contributed by atoms with E-state index in [1.807, 2.05) is 0 Å². The summed E-state index contributed by atoms with van der Waals surface area (Å²) in [7, 11) is 0. The molecule has 0 aromatic carbocycles. The van der Waals surface area contributed by atoms with Crippen molar-refractivity contribution in [1.82, 2.24) is 0 Å². The molecule has 1 nitrogen and oxygen atoms in total. The van der Waals surface area contributed by atoms with E-state index in [0.717, 1.165) is 18.3 Å². The summed E-state index contributed by atoms with van der Waals surface area (Å²) in [5.74, 6) is 1.67. The second-order valence-electron chi connectivity index (χ2n) is 5.30. The van der Waals surface area contributed by atoms with Crippen LogP contribution < -0.4 is 5.73 Å². The van der Waals surface area contributed by atoms with Gasteiger partial charge in [0.1, 0.15) is 0 Å². The lowest BCUT2D eigenvalue weighted by molar-refractivity contribution is 0.192. The molecule has 0 radical (unpaired) electrons. The minimum atomic E-state index is 0.411. The predicted molar refractivity (Wildman–Crippen MR) is 61.0 cm³/mol. The molecule has 0 aromatic heterocycles. The Kier molecular flexibility index (Phi) is 2.96. The van der Waals surface area contributed by atoms with Gasteiger partial charge in [-0.15, -0.1) is 0 Å². The third-order valence-electron chi connectivity index (χ3n) is 4.21. The molecule has 2 fully saturated rings. The topological polar surface area (TPSA) is 26.0 Å². The first-order valence-electron chi connectivity index (χ1n) is 6.11. The predicted octanol–water partition coefficient (Wildman–Crippen LogP) is 3.25. The molecule has 0 amide bonds. The monoisotopic (exact) mass is 193 g/mol. The lowest BCUT2D eigenvalue weighted by atomic mass is 9.73. The maximum absolute atomic E-state index is 6.26. The van der Waals surface area contributed by atoms with Crippen LogP contribution in [0.3, 0.4) is 0 Å². The van der Waals surface area contributed by atoms with E-state index in [2.05, 4.69) is 13.8 Å². The maximum atomic E-state index is 6.26. The van der Waals surface area contributed by atoms with Gasteiger partial charge in [0.05, 0.1) is 0 Å². The van der Waals surface area contributed by atoms with Crippen LogP contribution in [-0.2, 0) is 0 Å². The molecule has 2 aliphatic rings. The smallest absolute Gasteiger partial charge is 0.0105 e. The lowest BCUT2D eigenvalue weighted by Crippen LogP contribution is -2.36. The third-order valence-corrected chi connectivity index (χ3v) is 4.21. The van der Waals surface area contributed by atoms with Crippen LogP contribution in [-0.4, -0.2) is 6.04 Å². The summed E-state index contributed by atoms with van der Waals surface area (Å²) in [5, 5.41) is 0. The summed E-state index contributed by atoms with van der Waals surface area (Å²) in [4.78, 5) is 0. The van der Waals surface area contributed by atoms with Crippen molar-refractivity contribution >= 4 is 0 Å². The highest BCUT2D eigenvalue weighted by atomic mass is 14.7. The van der Waals surface area contributed by atoms with E-state index in [-0.39, 0.29) is 0 Å². The van der Waals surface area contributed by atoms with Crippen LogP contribution in [0.2, 0.25) is 0 Å². The third kappa shape index (κ3) is 2.20. The number of nitrogens with two attached hydrogens (primary N) is 1. The molecule has 0 saturated heterocycles. The number of hydrogen-bond acceptors (Lipinski definition) is 1. The average Bonchev–Trinajstić information content (AvgIpc) is 2.82. The number of hydrogen-bond donors (Lipinski definition) is 1. The van der Waals surface area contributed by atoms with Crippen LogP contribution in [0.25, 0.3) is 0 Å². The quantitative estimate of drug-likeness (QED) is 0.681. The van der Waals surface area contributed by atoms with Gasteiger partial charge in [0.25, 0.3) is 0 Å². The van der Waals surface area contributed by atoms with Crippen LogP contribution in [0.4, 0.5) is 0 Å². The van der Waals surface area contributed by atoms with Crippen molar-refractivity contribution in [1.29, 1.82) is 0 Å². The highest BCUT2D eigenvalue weighted by Gasteiger charge is 2.28. The van der Waals surface area contributed by atoms with Gasteiger partial charge in [0, 0.05) is 6.04 Å². The molecule has 0 heterocycles. The second-order valence-corrected chi connectivity index (χ2v) is 5.30. The molecule has 2 rings (SSSR count). The first-order chi connectivity index (χ1) is 6.68. The standard InChI is InChI=1S/C13H23N/c1-9(11-6-7-11)8-13(14)10(2)12-4-3-5-12/h10,12-13H,3-8,14H2,1-2H3/t10?,13-/m0/s1. The minimum absolute atomic E-state index is 0.411. The van der Waals surface area contributed by atoms with Crippen LogP contribution in [0.1, 0.15) is 52.4 Å². The van der Waals surface area contributed by atoms with Gasteiger partial charge in [-0.05, 0) is 38.0 Å². The van der Waals surface area contributed by atoms with Crippen molar-refractivity contribution in [2.75, 3.05) is 0 Å². The normalized spacial score (nSPS) is 25.5. The average molecular weight is 193 g/mol. The Hall–Kier alpha value is -0.300. The van der Waals surface area contributed by atoms with E-state index in [0.29, 0.717) is 6.04 Å². The molecule has 0 spiro atoms. The molecule has 0 aromatic rings. The van der Waals surface area contributed by atoms with E-state index in [1.165, 1.54) is 32.1 Å². The molecule has 2 saturated carbocycles. The SMILES string of the molecule is CC(C[C@H](N)C(C)C1CCC1)=C1CC1. The van der Waals surface area contributed by atoms with Crippen molar-refractivity contribution in [3.8, 4) is 0 Å². The Balaban J connectivity index is 1.81. The Morgan fingerprint density at radius 1 is 1.43 bits per heavy atom. The van der Waals surface area contributed by atoms with Crippen LogP contribution >= 0.6 is 0 Å². The molecular formula is C13H23N. The molecule has 2 N–H and O–H groups in total. The van der Waals surface area contributed by atoms with Crippen LogP contribution in [0, 0.1) is 11.8 Å². The van der Waals surface area contributed by atoms with Crippen LogP contribution in [0.15, 0.2) is 11.1 Å². The van der Waals surface area contributed by atoms with Crippen molar-refractivity contribution < 1.29 is 0 Å². The fourth-order valence-electron chi connectivity index (χ4n) is 2.49. The summed E-state index contributed by atoms with van der Waals surface area (Å²) < 4.78 is 0. The maximum Gasteiger partial charge on any atom is 0.0105 e. The van der Waals surface area contributed by atoms with Gasteiger partial charge in [0.2, 0.25) is 0 Å². The first kappa shape index (κ1) is 10.2. The van der Waals surface area contributed by atoms with Gasteiger partial charge in [-0.1, -0.05) is 37.3 Å². The fourth-order valence-corrected chi connectivity index (χ4v) is 2.49. The van der Waals surface area contributed by atoms with Crippen molar-refractivity contribution in [2.24, 2.45) is 17.6 Å². The fraction of sp³-hybridized carbons (Fsp3) is 0.846. The molecule has 1 heteroatoms. The molecule has 0 aliphatic heterocycles. The summed E-state index contributed by atoms with van der Waals surface area (Å²) >= 11 is 0. The van der Waals surface area contributed by atoms with E-state index in [9.17, 15) is 0 Å². The zero-order valence-corrected chi connectivity index (χ0v) is 9.55. The van der Waals surface area contributed by atoms with Gasteiger partial charge in [0.15, 0.2) is 0 Å². The minimum Gasteiger partial charge on any atom is -0.327 e. The largest absolute Gasteiger partial charge is 0.327 e. The summed E-state index contributed by atoms with van der Waals surface area (Å²) in [6, 6.07) is 0.411. The zero-order chi connectivity index (χ0) is 10.1. The number of rotatable bonds is 4. The van der Waals surface area contributed by atoms with Crippen molar-refractivity contribution in [2.45, 2.75) is 58.4 Å². The van der Waals surface area contributed by atoms with Gasteiger partial charge >= 0.3 is 0 Å². The van der Waals surface area contributed by atoms with E-state index >= 15 is 0 Å². The molecular weight excluding hydrogens is 170 g/mol. The van der Waals surface area contributed by atoms with Gasteiger partial charge in [-0.3, -0.25) is 0 Å². The molecule has 0 bridgehead atoms. The lowest BCUT2D eigenvalue weighted by Gasteiger charge is -2.35. The van der Waals surface area contributed by atoms with Crippen LogP contribution in [0.5, 0.6) is 0 Å². The zero-order valence-electron chi connectivity index (χ0n) is 9.55. The van der Waals surface area contributed by atoms with Gasteiger partial charge in [-0.2, -0.15) is 0 Å². The van der Waals surface area contributed by atoms with Crippen molar-refractivity contribution in [3.05, 3.63) is 11.1 Å². The highest BCUT2D eigenvalue weighted by Crippen LogP contribution is 2.37. The Morgan fingerprint density at radius 2 is 2.07 bits per heavy atom. The van der Waals surface area contributed by atoms with Gasteiger partial charge in [-0.25, -0.2) is 0 Å². The molecule has 2 atom stereocenters. The number of allylic oxidation sites excluding steroid dienone is 1. The molecule has 14 heavy (non-hydrogen) atoms. The van der Waals surface area contributed by atoms with E-state index in [4.69, 9.17) is 5.73 Å². The molecule has 1 unspecified atom stereocenters. The second kappa shape index (κ2) is 4.06. The Bertz CT molecular complexity index is 232. The first-order valence-corrected chi connectivity index (χ1v) is 6.11. The summed E-state index contributed by atoms with van der Waals surface area (Å²) in [6.45, 7) is 4.62. The Morgan fingerprint density at radius 3 is 2.50 bits per heavy atom. The summed E-state index contributed by atoms with van der Waals surface area (Å²) in [6.07, 6.45) is 8.11. The molecule has 2 aliphatic carbocycles. The van der Waals surface area contributed by atoms with Crippen molar-refractivity contribution in [3.63, 3.8) is 0 Å². The summed E-state index contributed by atoms with van der Waals surface area (Å²) in [5.41, 5.74) is 9.53. The highest BCUT2D eigenvalue weighted by molar-refractivity contribution is 5.24. The van der Waals surface area contributed by atoms with E-state index in [1.54, 1.807) is 11.1 Å². The van der Waals surface area contributed by atoms with Gasteiger partial charge < -0.3 is 5.73 Å². The molecule has 80 valence electrons. The Labute approximate surface area is 87.8 Å². The van der Waals surface area contributed by atoms with E-state index < -0.39 is 0 Å².